The maximum absolute atomic E-state index is 13.3. The summed E-state index contributed by atoms with van der Waals surface area (Å²) in [5.41, 5.74) is 0.346. The highest BCUT2D eigenvalue weighted by molar-refractivity contribution is 14.1. The van der Waals surface area contributed by atoms with Gasteiger partial charge < -0.3 is 9.64 Å². The van der Waals surface area contributed by atoms with Gasteiger partial charge in [0.15, 0.2) is 0 Å². The third kappa shape index (κ3) is 2.78. The average Bonchev–Trinajstić information content (AvgIpc) is 2.81. The predicted octanol–water partition coefficient (Wildman–Crippen LogP) is 2.94. The Morgan fingerprint density at radius 2 is 2.33 bits per heavy atom. The van der Waals surface area contributed by atoms with Gasteiger partial charge in [0.2, 0.25) is 0 Å². The summed E-state index contributed by atoms with van der Waals surface area (Å²) in [5, 5.41) is 0.152. The van der Waals surface area contributed by atoms with Crippen molar-refractivity contribution >= 4 is 40.1 Å². The average molecular weight is 384 g/mol. The van der Waals surface area contributed by atoms with Crippen LogP contribution in [0.1, 0.15) is 16.8 Å². The Bertz CT molecular complexity index is 483. The van der Waals surface area contributed by atoms with Crippen molar-refractivity contribution in [2.45, 2.75) is 12.5 Å². The SMILES string of the molecule is CO[C@@H]1CCN(C(=O)c2cc(I)c(F)cc2Cl)C1. The van der Waals surface area contributed by atoms with E-state index in [2.05, 4.69) is 0 Å². The summed E-state index contributed by atoms with van der Waals surface area (Å²) in [4.78, 5) is 13.9. The van der Waals surface area contributed by atoms with E-state index in [1.54, 1.807) is 12.0 Å². The minimum Gasteiger partial charge on any atom is -0.380 e. The quantitative estimate of drug-likeness (QED) is 0.580. The van der Waals surface area contributed by atoms with Gasteiger partial charge in [-0.15, -0.1) is 0 Å². The summed E-state index contributed by atoms with van der Waals surface area (Å²) in [7, 11) is 1.63. The van der Waals surface area contributed by atoms with Crippen LogP contribution in [0, 0.1) is 9.39 Å². The molecule has 0 saturated carbocycles. The summed E-state index contributed by atoms with van der Waals surface area (Å²) < 4.78 is 18.9. The largest absolute Gasteiger partial charge is 0.380 e. The molecule has 1 heterocycles. The van der Waals surface area contributed by atoms with Gasteiger partial charge in [0.25, 0.3) is 5.91 Å². The van der Waals surface area contributed by atoms with Crippen molar-refractivity contribution in [2.75, 3.05) is 20.2 Å². The van der Waals surface area contributed by atoms with Crippen LogP contribution in [0.2, 0.25) is 5.02 Å². The number of methoxy groups -OCH3 is 1. The van der Waals surface area contributed by atoms with E-state index in [4.69, 9.17) is 16.3 Å². The van der Waals surface area contributed by atoms with Crippen LogP contribution in [-0.2, 0) is 4.74 Å². The fraction of sp³-hybridized carbons (Fsp3) is 0.417. The van der Waals surface area contributed by atoms with Crippen molar-refractivity contribution < 1.29 is 13.9 Å². The van der Waals surface area contributed by atoms with Crippen LogP contribution in [-0.4, -0.2) is 37.1 Å². The third-order valence-electron chi connectivity index (χ3n) is 3.01. The lowest BCUT2D eigenvalue weighted by atomic mass is 10.2. The second-order valence-electron chi connectivity index (χ2n) is 4.14. The minimum absolute atomic E-state index is 0.0762. The van der Waals surface area contributed by atoms with Gasteiger partial charge in [0.1, 0.15) is 5.82 Å². The smallest absolute Gasteiger partial charge is 0.255 e. The van der Waals surface area contributed by atoms with Gasteiger partial charge in [0, 0.05) is 23.8 Å². The molecule has 0 aromatic heterocycles. The molecule has 1 aromatic rings. The van der Waals surface area contributed by atoms with Gasteiger partial charge in [-0.1, -0.05) is 11.6 Å². The molecule has 1 amide bonds. The molecule has 0 unspecified atom stereocenters. The molecule has 1 saturated heterocycles. The molecule has 1 fully saturated rings. The molecule has 1 atom stereocenters. The molecule has 1 aromatic carbocycles. The van der Waals surface area contributed by atoms with Crippen LogP contribution in [0.25, 0.3) is 0 Å². The normalized spacial score (nSPS) is 19.3. The van der Waals surface area contributed by atoms with E-state index >= 15 is 0 Å². The van der Waals surface area contributed by atoms with Gasteiger partial charge in [-0.3, -0.25) is 4.79 Å². The van der Waals surface area contributed by atoms with Crippen molar-refractivity contribution in [2.24, 2.45) is 0 Å². The first kappa shape index (κ1) is 14.0. The van der Waals surface area contributed by atoms with Gasteiger partial charge in [0.05, 0.1) is 16.7 Å². The second kappa shape index (κ2) is 5.71. The highest BCUT2D eigenvalue weighted by Crippen LogP contribution is 2.25. The van der Waals surface area contributed by atoms with Crippen molar-refractivity contribution in [3.63, 3.8) is 0 Å². The van der Waals surface area contributed by atoms with E-state index < -0.39 is 5.82 Å². The number of benzene rings is 1. The van der Waals surface area contributed by atoms with Crippen LogP contribution in [0.4, 0.5) is 4.39 Å². The number of likely N-dealkylation sites (tertiary alicyclic amines) is 1. The lowest BCUT2D eigenvalue weighted by Crippen LogP contribution is -2.30. The maximum Gasteiger partial charge on any atom is 0.255 e. The Hall–Kier alpha value is -0.400. The van der Waals surface area contributed by atoms with E-state index in [9.17, 15) is 9.18 Å². The van der Waals surface area contributed by atoms with E-state index in [1.165, 1.54) is 12.1 Å². The molecule has 3 nitrogen and oxygen atoms in total. The summed E-state index contributed by atoms with van der Waals surface area (Å²) in [6.45, 7) is 1.20. The zero-order chi connectivity index (χ0) is 13.3. The maximum atomic E-state index is 13.3. The Labute approximate surface area is 123 Å². The lowest BCUT2D eigenvalue weighted by molar-refractivity contribution is 0.0724. The highest BCUT2D eigenvalue weighted by atomic mass is 127. The molecular weight excluding hydrogens is 371 g/mol. The molecule has 18 heavy (non-hydrogen) atoms. The van der Waals surface area contributed by atoms with Crippen LogP contribution in [0.5, 0.6) is 0 Å². The molecule has 0 spiro atoms. The monoisotopic (exact) mass is 383 g/mol. The number of halogens is 3. The van der Waals surface area contributed by atoms with Crippen LogP contribution in [0.3, 0.4) is 0 Å². The third-order valence-corrected chi connectivity index (χ3v) is 4.15. The van der Waals surface area contributed by atoms with E-state index in [0.717, 1.165) is 6.42 Å². The minimum atomic E-state index is -0.409. The number of hydrogen-bond acceptors (Lipinski definition) is 2. The number of ether oxygens (including phenoxy) is 1. The lowest BCUT2D eigenvalue weighted by Gasteiger charge is -2.17. The van der Waals surface area contributed by atoms with Gasteiger partial charge >= 0.3 is 0 Å². The fourth-order valence-electron chi connectivity index (χ4n) is 1.96. The molecule has 0 radical (unpaired) electrons. The van der Waals surface area contributed by atoms with E-state index in [-0.39, 0.29) is 17.0 Å². The van der Waals surface area contributed by atoms with Gasteiger partial charge in [-0.2, -0.15) is 0 Å². The molecule has 1 aliphatic heterocycles. The Kier molecular flexibility index (Phi) is 4.45. The number of nitrogens with zero attached hydrogens (tertiary/aromatic N) is 1. The number of rotatable bonds is 2. The Morgan fingerprint density at radius 1 is 1.61 bits per heavy atom. The Balaban J connectivity index is 2.22. The second-order valence-corrected chi connectivity index (χ2v) is 5.71. The molecule has 0 aliphatic carbocycles. The van der Waals surface area contributed by atoms with Gasteiger partial charge in [-0.05, 0) is 41.1 Å². The van der Waals surface area contributed by atoms with Crippen LogP contribution < -0.4 is 0 Å². The van der Waals surface area contributed by atoms with Gasteiger partial charge in [-0.25, -0.2) is 4.39 Å². The zero-order valence-electron chi connectivity index (χ0n) is 9.75. The van der Waals surface area contributed by atoms with Crippen molar-refractivity contribution in [3.05, 3.63) is 32.1 Å². The summed E-state index contributed by atoms with van der Waals surface area (Å²) in [6, 6.07) is 2.67. The Morgan fingerprint density at radius 3 is 2.94 bits per heavy atom. The zero-order valence-corrected chi connectivity index (χ0v) is 12.7. The van der Waals surface area contributed by atoms with Crippen LogP contribution in [0.15, 0.2) is 12.1 Å². The van der Waals surface area contributed by atoms with E-state index in [0.29, 0.717) is 22.2 Å². The summed E-state index contributed by atoms with van der Waals surface area (Å²) in [6.07, 6.45) is 0.894. The first-order valence-corrected chi connectivity index (χ1v) is 6.95. The molecule has 0 N–H and O–H groups in total. The molecule has 2 rings (SSSR count). The molecule has 0 bridgehead atoms. The molecular formula is C12H12ClFINO2. The fourth-order valence-corrected chi connectivity index (χ4v) is 2.66. The number of carbonyl (C=O) groups is 1. The van der Waals surface area contributed by atoms with E-state index in [1.807, 2.05) is 22.6 Å². The molecule has 98 valence electrons. The van der Waals surface area contributed by atoms with Crippen LogP contribution >= 0.6 is 34.2 Å². The first-order chi connectivity index (χ1) is 8.52. The molecule has 6 heteroatoms. The first-order valence-electron chi connectivity index (χ1n) is 5.49. The topological polar surface area (TPSA) is 29.5 Å². The number of amides is 1. The summed E-state index contributed by atoms with van der Waals surface area (Å²) in [5.74, 6) is -0.578. The standard InChI is InChI=1S/C12H12ClFINO2/c1-18-7-2-3-16(6-7)12(17)8-4-11(15)10(14)5-9(8)13/h4-5,7H,2-3,6H2,1H3/t7-/m1/s1. The number of carbonyl (C=O) groups excluding carboxylic acids is 1. The predicted molar refractivity (Wildman–Crippen MR) is 75.4 cm³/mol. The van der Waals surface area contributed by atoms with Crippen molar-refractivity contribution in [3.8, 4) is 0 Å². The van der Waals surface area contributed by atoms with Crippen molar-refractivity contribution in [1.82, 2.24) is 4.90 Å². The van der Waals surface area contributed by atoms with Crippen molar-refractivity contribution in [1.29, 1.82) is 0 Å². The summed E-state index contributed by atoms with van der Waals surface area (Å²) >= 11 is 7.77. The highest BCUT2D eigenvalue weighted by Gasteiger charge is 2.28. The molecule has 1 aliphatic rings. The number of hydrogen-bond donors (Lipinski definition) is 0.